The van der Waals surface area contributed by atoms with Crippen LogP contribution in [0.5, 0.6) is 0 Å². The van der Waals surface area contributed by atoms with E-state index in [-0.39, 0.29) is 5.48 Å². The second-order valence-electron chi connectivity index (χ2n) is 3.62. The SMILES string of the molecule is O.On1nnc2cccc(C3=CC=CC=CN3)c21. The zero-order chi connectivity index (χ0) is 11.7. The molecule has 18 heavy (non-hydrogen) atoms. The monoisotopic (exact) mass is 244 g/mol. The molecule has 3 rings (SSSR count). The van der Waals surface area contributed by atoms with Crippen LogP contribution in [-0.4, -0.2) is 25.8 Å². The third-order valence-corrected chi connectivity index (χ3v) is 2.56. The average molecular weight is 244 g/mol. The van der Waals surface area contributed by atoms with Gasteiger partial charge in [-0.3, -0.25) is 0 Å². The fourth-order valence-electron chi connectivity index (χ4n) is 1.80. The zero-order valence-corrected chi connectivity index (χ0v) is 9.41. The van der Waals surface area contributed by atoms with E-state index in [9.17, 15) is 5.21 Å². The molecule has 0 saturated heterocycles. The first-order valence-electron chi connectivity index (χ1n) is 5.20. The van der Waals surface area contributed by atoms with Gasteiger partial charge in [0, 0.05) is 17.5 Å². The van der Waals surface area contributed by atoms with Gasteiger partial charge in [-0.1, -0.05) is 29.1 Å². The van der Waals surface area contributed by atoms with Gasteiger partial charge in [0.2, 0.25) is 0 Å². The molecule has 0 bridgehead atoms. The summed E-state index contributed by atoms with van der Waals surface area (Å²) in [4.78, 5) is 0.797. The topological polar surface area (TPSA) is 94.5 Å². The lowest BCUT2D eigenvalue weighted by Gasteiger charge is -2.07. The number of nitrogens with zero attached hydrogens (tertiary/aromatic N) is 3. The van der Waals surface area contributed by atoms with Gasteiger partial charge in [-0.15, -0.1) is 5.10 Å². The Labute approximate surface area is 103 Å². The van der Waals surface area contributed by atoms with Gasteiger partial charge >= 0.3 is 0 Å². The van der Waals surface area contributed by atoms with Crippen LogP contribution in [0.3, 0.4) is 0 Å². The van der Waals surface area contributed by atoms with Crippen LogP contribution < -0.4 is 5.32 Å². The van der Waals surface area contributed by atoms with E-state index < -0.39 is 0 Å². The van der Waals surface area contributed by atoms with Crippen molar-refractivity contribution in [2.24, 2.45) is 0 Å². The molecule has 1 aromatic carbocycles. The van der Waals surface area contributed by atoms with Crippen molar-refractivity contribution in [1.29, 1.82) is 0 Å². The van der Waals surface area contributed by atoms with Crippen molar-refractivity contribution in [3.63, 3.8) is 0 Å². The Bertz CT molecular complexity index is 655. The number of hydrogen-bond acceptors (Lipinski definition) is 4. The Morgan fingerprint density at radius 1 is 1.17 bits per heavy atom. The van der Waals surface area contributed by atoms with Crippen molar-refractivity contribution >= 4 is 16.7 Å². The average Bonchev–Trinajstić information content (AvgIpc) is 2.59. The summed E-state index contributed by atoms with van der Waals surface area (Å²) in [6.07, 6.45) is 9.52. The van der Waals surface area contributed by atoms with Crippen LogP contribution in [0.4, 0.5) is 0 Å². The highest BCUT2D eigenvalue weighted by molar-refractivity contribution is 5.88. The van der Waals surface area contributed by atoms with E-state index in [4.69, 9.17) is 0 Å². The highest BCUT2D eigenvalue weighted by atomic mass is 16.5. The normalized spacial score (nSPS) is 13.7. The third kappa shape index (κ3) is 1.85. The highest BCUT2D eigenvalue weighted by Gasteiger charge is 2.11. The molecule has 0 fully saturated rings. The molecule has 6 heteroatoms. The van der Waals surface area contributed by atoms with E-state index in [1.165, 1.54) is 0 Å². The summed E-state index contributed by atoms with van der Waals surface area (Å²) in [5.41, 5.74) is 2.99. The maximum absolute atomic E-state index is 9.65. The molecule has 0 unspecified atom stereocenters. The third-order valence-electron chi connectivity index (χ3n) is 2.56. The van der Waals surface area contributed by atoms with E-state index >= 15 is 0 Å². The second-order valence-corrected chi connectivity index (χ2v) is 3.62. The van der Waals surface area contributed by atoms with Crippen LogP contribution >= 0.6 is 0 Å². The molecule has 1 aromatic heterocycles. The van der Waals surface area contributed by atoms with Gasteiger partial charge in [0.15, 0.2) is 0 Å². The molecule has 0 radical (unpaired) electrons. The summed E-state index contributed by atoms with van der Waals surface area (Å²) >= 11 is 0. The molecule has 0 aliphatic carbocycles. The van der Waals surface area contributed by atoms with Crippen LogP contribution in [0, 0.1) is 0 Å². The number of aromatic nitrogens is 3. The highest BCUT2D eigenvalue weighted by Crippen LogP contribution is 2.22. The van der Waals surface area contributed by atoms with E-state index in [0.717, 1.165) is 16.1 Å². The Morgan fingerprint density at radius 2 is 2.06 bits per heavy atom. The fourth-order valence-corrected chi connectivity index (χ4v) is 1.80. The van der Waals surface area contributed by atoms with Gasteiger partial charge in [-0.25, -0.2) is 0 Å². The van der Waals surface area contributed by atoms with Gasteiger partial charge < -0.3 is 16.0 Å². The minimum absolute atomic E-state index is 0. The van der Waals surface area contributed by atoms with Crippen molar-refractivity contribution < 1.29 is 10.7 Å². The fraction of sp³-hybridized carbons (Fsp3) is 0. The Morgan fingerprint density at radius 3 is 2.94 bits per heavy atom. The molecule has 0 spiro atoms. The lowest BCUT2D eigenvalue weighted by atomic mass is 10.1. The van der Waals surface area contributed by atoms with E-state index in [1.807, 2.05) is 48.7 Å². The predicted molar refractivity (Wildman–Crippen MR) is 67.7 cm³/mol. The number of para-hydroxylation sites is 1. The number of hydrogen-bond donors (Lipinski definition) is 2. The number of allylic oxidation sites excluding steroid dienone is 4. The number of rotatable bonds is 1. The molecule has 2 aromatic rings. The minimum Gasteiger partial charge on any atom is -0.412 e. The first-order valence-corrected chi connectivity index (χ1v) is 5.20. The summed E-state index contributed by atoms with van der Waals surface area (Å²) in [7, 11) is 0. The maximum Gasteiger partial charge on any atom is 0.139 e. The molecule has 6 nitrogen and oxygen atoms in total. The smallest absolute Gasteiger partial charge is 0.139 e. The quantitative estimate of drug-likeness (QED) is 0.727. The second kappa shape index (κ2) is 4.72. The van der Waals surface area contributed by atoms with E-state index in [2.05, 4.69) is 15.6 Å². The van der Waals surface area contributed by atoms with Gasteiger partial charge in [0.25, 0.3) is 0 Å². The summed E-state index contributed by atoms with van der Waals surface area (Å²) in [5.74, 6) is 0. The van der Waals surface area contributed by atoms with Crippen LogP contribution in [0.15, 0.2) is 48.7 Å². The van der Waals surface area contributed by atoms with Gasteiger partial charge in [-0.2, -0.15) is 0 Å². The molecule has 0 amide bonds. The van der Waals surface area contributed by atoms with Crippen LogP contribution in [-0.2, 0) is 0 Å². The lowest BCUT2D eigenvalue weighted by molar-refractivity contribution is 0.154. The van der Waals surface area contributed by atoms with Gasteiger partial charge in [0.1, 0.15) is 11.0 Å². The molecular formula is C12H12N4O2. The van der Waals surface area contributed by atoms with E-state index in [1.54, 1.807) is 0 Å². The Hall–Kier alpha value is -2.60. The molecule has 0 saturated carbocycles. The van der Waals surface area contributed by atoms with Crippen molar-refractivity contribution in [1.82, 2.24) is 20.5 Å². The molecule has 4 N–H and O–H groups in total. The largest absolute Gasteiger partial charge is 0.412 e. The predicted octanol–water partition coefficient (Wildman–Crippen LogP) is 0.858. The number of benzene rings is 1. The Balaban J connectivity index is 0.00000120. The standard InChI is InChI=1S/C12H10N4O.H2O/c17-16-12-9(5-4-7-11(12)14-15-16)10-6-2-1-3-8-13-10;/h1-8,13,17H;1H2. The van der Waals surface area contributed by atoms with Gasteiger partial charge in [0.05, 0.1) is 0 Å². The Kier molecular flexibility index (Phi) is 3.11. The van der Waals surface area contributed by atoms with E-state index in [0.29, 0.717) is 11.0 Å². The summed E-state index contributed by atoms with van der Waals surface area (Å²) in [5, 5.41) is 20.3. The summed E-state index contributed by atoms with van der Waals surface area (Å²) < 4.78 is 0. The molecule has 1 aliphatic heterocycles. The van der Waals surface area contributed by atoms with Crippen molar-refractivity contribution in [2.75, 3.05) is 0 Å². The number of fused-ring (bicyclic) bond motifs is 1. The number of nitrogens with one attached hydrogen (secondary N) is 1. The molecular weight excluding hydrogens is 232 g/mol. The van der Waals surface area contributed by atoms with Crippen LogP contribution in [0.2, 0.25) is 0 Å². The van der Waals surface area contributed by atoms with Crippen LogP contribution in [0.1, 0.15) is 5.56 Å². The first kappa shape index (κ1) is 11.9. The minimum atomic E-state index is 0. The maximum atomic E-state index is 9.65. The van der Waals surface area contributed by atoms with Gasteiger partial charge in [-0.05, 0) is 23.4 Å². The summed E-state index contributed by atoms with van der Waals surface area (Å²) in [6.45, 7) is 0. The summed E-state index contributed by atoms with van der Waals surface area (Å²) in [6, 6.07) is 5.60. The van der Waals surface area contributed by atoms with Crippen molar-refractivity contribution in [3.8, 4) is 0 Å². The lowest BCUT2D eigenvalue weighted by Crippen LogP contribution is -2.05. The molecule has 0 atom stereocenters. The molecule has 2 heterocycles. The van der Waals surface area contributed by atoms with Crippen LogP contribution in [0.25, 0.3) is 16.7 Å². The van der Waals surface area contributed by atoms with Crippen molar-refractivity contribution in [3.05, 3.63) is 54.3 Å². The zero-order valence-electron chi connectivity index (χ0n) is 9.41. The van der Waals surface area contributed by atoms with Crippen molar-refractivity contribution in [2.45, 2.75) is 0 Å². The molecule has 1 aliphatic rings. The first-order chi connectivity index (χ1) is 8.36. The molecule has 92 valence electrons.